The second-order valence-electron chi connectivity index (χ2n) is 3.59. The van der Waals surface area contributed by atoms with Gasteiger partial charge in [0, 0.05) is 12.3 Å². The van der Waals surface area contributed by atoms with Crippen molar-refractivity contribution in [1.29, 1.82) is 0 Å². The second kappa shape index (κ2) is 2.96. The van der Waals surface area contributed by atoms with Crippen molar-refractivity contribution >= 4 is 12.2 Å². The Labute approximate surface area is 77.1 Å². The molecule has 0 aromatic carbocycles. The molecule has 2 atom stereocenters. The molecule has 0 bridgehead atoms. The lowest BCUT2D eigenvalue weighted by atomic mass is 9.86. The van der Waals surface area contributed by atoms with E-state index >= 15 is 0 Å². The van der Waals surface area contributed by atoms with Crippen LogP contribution in [0, 0.1) is 0 Å². The Morgan fingerprint density at radius 1 is 1.77 bits per heavy atom. The summed E-state index contributed by atoms with van der Waals surface area (Å²) < 4.78 is 0. The molecule has 2 N–H and O–H groups in total. The first kappa shape index (κ1) is 8.44. The highest BCUT2D eigenvalue weighted by molar-refractivity contribution is 5.95. The van der Waals surface area contributed by atoms with Gasteiger partial charge >= 0.3 is 6.03 Å². The maximum atomic E-state index is 11.0. The van der Waals surface area contributed by atoms with Crippen molar-refractivity contribution in [2.45, 2.75) is 24.4 Å². The summed E-state index contributed by atoms with van der Waals surface area (Å²) in [5, 5.41) is 6.19. The third-order valence-electron chi connectivity index (χ3n) is 2.63. The minimum Gasteiger partial charge on any atom is -0.326 e. The first-order valence-corrected chi connectivity index (χ1v) is 4.47. The lowest BCUT2D eigenvalue weighted by molar-refractivity contribution is 0.238. The third kappa shape index (κ3) is 1.49. The zero-order valence-corrected chi connectivity index (χ0v) is 7.42. The number of rotatable bonds is 1. The number of nitrogens with zero attached hydrogens (tertiary/aromatic N) is 1. The van der Waals surface area contributed by atoms with Crippen molar-refractivity contribution in [2.24, 2.45) is 4.99 Å². The minimum absolute atomic E-state index is 0.207. The maximum absolute atomic E-state index is 11.0. The van der Waals surface area contributed by atoms with E-state index in [1.807, 2.05) is 6.08 Å². The molecule has 0 aromatic rings. The Kier molecular flexibility index (Phi) is 1.92. The zero-order valence-electron chi connectivity index (χ0n) is 7.42. The number of nitrogens with one attached hydrogen (secondary N) is 2. The summed E-state index contributed by atoms with van der Waals surface area (Å²) in [7, 11) is 0. The van der Waals surface area contributed by atoms with Gasteiger partial charge in [0.1, 0.15) is 0 Å². The largest absolute Gasteiger partial charge is 0.341 e. The van der Waals surface area contributed by atoms with Crippen LogP contribution in [-0.4, -0.2) is 30.4 Å². The molecule has 0 radical (unpaired) electrons. The van der Waals surface area contributed by atoms with Crippen LogP contribution in [0.3, 0.4) is 0 Å². The first-order valence-electron chi connectivity index (χ1n) is 4.47. The van der Waals surface area contributed by atoms with Gasteiger partial charge in [0.2, 0.25) is 0 Å². The van der Waals surface area contributed by atoms with E-state index in [4.69, 9.17) is 0 Å². The second-order valence-corrected chi connectivity index (χ2v) is 3.59. The third-order valence-corrected chi connectivity index (χ3v) is 2.63. The smallest absolute Gasteiger partial charge is 0.326 e. The molecule has 2 heterocycles. The molecule has 0 aliphatic carbocycles. The number of urea groups is 1. The van der Waals surface area contributed by atoms with Crippen molar-refractivity contribution in [1.82, 2.24) is 10.6 Å². The Hall–Kier alpha value is -1.16. The summed E-state index contributed by atoms with van der Waals surface area (Å²) in [5.41, 5.74) is -0.207. The molecule has 1 spiro atoms. The molecule has 0 aromatic heterocycles. The van der Waals surface area contributed by atoms with Gasteiger partial charge in [0.25, 0.3) is 0 Å². The number of hydrogen-bond acceptors (Lipinski definition) is 2. The van der Waals surface area contributed by atoms with Gasteiger partial charge in [-0.15, -0.1) is 6.58 Å². The van der Waals surface area contributed by atoms with Crippen LogP contribution < -0.4 is 10.6 Å². The maximum Gasteiger partial charge on any atom is 0.341 e. The van der Waals surface area contributed by atoms with Crippen molar-refractivity contribution in [3.05, 3.63) is 12.7 Å². The van der Waals surface area contributed by atoms with E-state index in [1.54, 1.807) is 6.21 Å². The summed E-state index contributed by atoms with van der Waals surface area (Å²) in [6.45, 7) is 4.63. The lowest BCUT2D eigenvalue weighted by Gasteiger charge is -2.35. The summed E-state index contributed by atoms with van der Waals surface area (Å²) in [4.78, 5) is 14.7. The number of carbonyl (C=O) groups excluding carboxylic acids is 1. The average molecular weight is 179 g/mol. The molecule has 2 rings (SSSR count). The Morgan fingerprint density at radius 2 is 2.62 bits per heavy atom. The van der Waals surface area contributed by atoms with E-state index in [2.05, 4.69) is 22.2 Å². The van der Waals surface area contributed by atoms with E-state index in [9.17, 15) is 4.79 Å². The number of hydrogen-bond donors (Lipinski definition) is 2. The van der Waals surface area contributed by atoms with E-state index in [1.165, 1.54) is 0 Å². The van der Waals surface area contributed by atoms with Crippen molar-refractivity contribution in [3.63, 3.8) is 0 Å². The standard InChI is InChI=1S/C9H13N3O/c1-2-7-5-9(3-4-10-7)6-11-8(13)12-9/h2,6-7,10H,1,3-5H2,(H,12,13). The average Bonchev–Trinajstić information content (AvgIpc) is 2.47. The van der Waals surface area contributed by atoms with Gasteiger partial charge in [-0.25, -0.2) is 9.79 Å². The van der Waals surface area contributed by atoms with Crippen LogP contribution in [0.2, 0.25) is 0 Å². The van der Waals surface area contributed by atoms with Crippen LogP contribution in [0.5, 0.6) is 0 Å². The van der Waals surface area contributed by atoms with Crippen LogP contribution in [-0.2, 0) is 0 Å². The van der Waals surface area contributed by atoms with Gasteiger partial charge in [-0.05, 0) is 19.4 Å². The first-order chi connectivity index (χ1) is 6.24. The molecular weight excluding hydrogens is 166 g/mol. The van der Waals surface area contributed by atoms with Crippen LogP contribution in [0.25, 0.3) is 0 Å². The van der Waals surface area contributed by atoms with Gasteiger partial charge < -0.3 is 10.6 Å². The normalized spacial score (nSPS) is 37.8. The van der Waals surface area contributed by atoms with E-state index in [0.717, 1.165) is 19.4 Å². The summed E-state index contributed by atoms with van der Waals surface area (Å²) in [6, 6.07) is 0.0586. The SMILES string of the molecule is C=CC1CC2(C=NC(=O)N2)CCN1. The number of piperidine rings is 1. The summed E-state index contributed by atoms with van der Waals surface area (Å²) in [6.07, 6.45) is 5.38. The van der Waals surface area contributed by atoms with Crippen molar-refractivity contribution in [3.8, 4) is 0 Å². The molecule has 1 saturated heterocycles. The molecule has 2 amide bonds. The van der Waals surface area contributed by atoms with Crippen LogP contribution >= 0.6 is 0 Å². The number of amides is 2. The fourth-order valence-electron chi connectivity index (χ4n) is 1.90. The molecule has 4 nitrogen and oxygen atoms in total. The molecule has 2 aliphatic rings. The fraction of sp³-hybridized carbons (Fsp3) is 0.556. The lowest BCUT2D eigenvalue weighted by Crippen LogP contribution is -2.54. The predicted molar refractivity (Wildman–Crippen MR) is 51.0 cm³/mol. The zero-order chi connectivity index (χ0) is 9.31. The van der Waals surface area contributed by atoms with E-state index in [0.29, 0.717) is 0 Å². The highest BCUT2D eigenvalue weighted by Gasteiger charge is 2.38. The molecule has 2 unspecified atom stereocenters. The highest BCUT2D eigenvalue weighted by atomic mass is 16.2. The van der Waals surface area contributed by atoms with Gasteiger partial charge in [-0.2, -0.15) is 0 Å². The topological polar surface area (TPSA) is 53.5 Å². The van der Waals surface area contributed by atoms with Crippen molar-refractivity contribution < 1.29 is 4.79 Å². The van der Waals surface area contributed by atoms with E-state index in [-0.39, 0.29) is 17.6 Å². The molecule has 4 heteroatoms. The molecule has 70 valence electrons. The van der Waals surface area contributed by atoms with Gasteiger partial charge in [0.05, 0.1) is 5.54 Å². The fourth-order valence-corrected chi connectivity index (χ4v) is 1.90. The molecule has 2 aliphatic heterocycles. The number of carbonyl (C=O) groups is 1. The highest BCUT2D eigenvalue weighted by Crippen LogP contribution is 2.23. The summed E-state index contributed by atoms with van der Waals surface area (Å²) >= 11 is 0. The predicted octanol–water partition coefficient (Wildman–Crippen LogP) is 0.457. The van der Waals surface area contributed by atoms with Crippen LogP contribution in [0.1, 0.15) is 12.8 Å². The minimum atomic E-state index is -0.218. The Bertz CT molecular complexity index is 274. The monoisotopic (exact) mass is 179 g/mol. The van der Waals surface area contributed by atoms with Crippen LogP contribution in [0.4, 0.5) is 4.79 Å². The molecular formula is C9H13N3O. The molecule has 0 saturated carbocycles. The van der Waals surface area contributed by atoms with Gasteiger partial charge in [-0.3, -0.25) is 0 Å². The molecule has 13 heavy (non-hydrogen) atoms. The quantitative estimate of drug-likeness (QED) is 0.574. The van der Waals surface area contributed by atoms with Gasteiger partial charge in [-0.1, -0.05) is 6.08 Å². The van der Waals surface area contributed by atoms with Gasteiger partial charge in [0.15, 0.2) is 0 Å². The van der Waals surface area contributed by atoms with Crippen molar-refractivity contribution in [2.75, 3.05) is 6.54 Å². The number of aliphatic imine (C=N–C) groups is 1. The van der Waals surface area contributed by atoms with E-state index < -0.39 is 0 Å². The summed E-state index contributed by atoms with van der Waals surface area (Å²) in [5.74, 6) is 0. The van der Waals surface area contributed by atoms with Crippen LogP contribution in [0.15, 0.2) is 17.6 Å². The Morgan fingerprint density at radius 3 is 3.23 bits per heavy atom. The Balaban J connectivity index is 2.11. The molecule has 1 fully saturated rings.